The van der Waals surface area contributed by atoms with Crippen LogP contribution in [0.4, 0.5) is 8.78 Å². The van der Waals surface area contributed by atoms with Gasteiger partial charge in [0, 0.05) is 48.8 Å². The summed E-state index contributed by atoms with van der Waals surface area (Å²) >= 11 is 0. The molecular formula is C84H112F2N6O18S2. The molecule has 2 aromatic carbocycles. The maximum atomic E-state index is 15.1. The van der Waals surface area contributed by atoms with Crippen LogP contribution in [0.15, 0.2) is 73.1 Å². The van der Waals surface area contributed by atoms with E-state index in [1.165, 1.54) is 34.3 Å². The monoisotopic (exact) mass is 1590 g/mol. The van der Waals surface area contributed by atoms with E-state index in [4.69, 9.17) is 28.4 Å². The number of allylic oxidation sites excluding steroid dienone is 4. The molecule has 4 aliphatic carbocycles. The largest absolute Gasteiger partial charge is 0.491 e. The van der Waals surface area contributed by atoms with E-state index in [0.29, 0.717) is 72.9 Å². The Morgan fingerprint density at radius 1 is 0.562 bits per heavy atom. The highest BCUT2D eigenvalue weighted by Gasteiger charge is 2.65. The van der Waals surface area contributed by atoms with Crippen LogP contribution in [0.25, 0.3) is 21.5 Å². The summed E-state index contributed by atoms with van der Waals surface area (Å²) in [4.78, 5) is 125. The number of nitrogens with one attached hydrogen (secondary N) is 2. The maximum Gasteiger partial charge on any atom is 0.307 e. The number of amides is 4. The van der Waals surface area contributed by atoms with E-state index in [0.717, 1.165) is 12.8 Å². The van der Waals surface area contributed by atoms with Gasteiger partial charge >= 0.3 is 11.9 Å². The highest BCUT2D eigenvalue weighted by molar-refractivity contribution is 7.92. The molecule has 6 heterocycles. The average molecular weight is 1600 g/mol. The first-order valence-corrected chi connectivity index (χ1v) is 42.8. The van der Waals surface area contributed by atoms with Gasteiger partial charge in [-0.3, -0.25) is 47.8 Å². The van der Waals surface area contributed by atoms with Crippen LogP contribution in [0.1, 0.15) is 213 Å². The molecule has 0 radical (unpaired) electrons. The number of carbonyl (C=O) groups is 8. The van der Waals surface area contributed by atoms with Crippen molar-refractivity contribution >= 4 is 88.7 Å². The molecule has 4 amide bonds. The molecule has 112 heavy (non-hydrogen) atoms. The number of nitrogens with zero attached hydrogens (tertiary/aromatic N) is 4. The third-order valence-electron chi connectivity index (χ3n) is 23.9. The molecule has 0 spiro atoms. The summed E-state index contributed by atoms with van der Waals surface area (Å²) < 4.78 is 121. The maximum absolute atomic E-state index is 15.1. The summed E-state index contributed by atoms with van der Waals surface area (Å²) in [5.41, 5.74) is -4.16. The molecule has 28 heteroatoms. The number of fused-ring (bicyclic) bond motifs is 6. The van der Waals surface area contributed by atoms with Gasteiger partial charge in [-0.25, -0.2) is 35.6 Å². The average Bonchev–Trinajstić information content (AvgIpc) is 1.57. The van der Waals surface area contributed by atoms with E-state index < -0.39 is 146 Å². The van der Waals surface area contributed by atoms with Crippen LogP contribution in [0.3, 0.4) is 0 Å². The quantitative estimate of drug-likeness (QED) is 0.0690. The third kappa shape index (κ3) is 19.3. The lowest BCUT2D eigenvalue weighted by molar-refractivity contribution is -0.160. The first-order chi connectivity index (χ1) is 52.5. The molecule has 8 aliphatic rings. The highest BCUT2D eigenvalue weighted by Crippen LogP contribution is 2.59. The molecule has 12 rings (SSSR count). The molecule has 2 N–H and O–H groups in total. The summed E-state index contributed by atoms with van der Waals surface area (Å²) in [6.45, 7) is 25.9. The molecule has 0 bridgehead atoms. The normalized spacial score (nSPS) is 30.0. The zero-order chi connectivity index (χ0) is 81.6. The van der Waals surface area contributed by atoms with Crippen LogP contribution in [0, 0.1) is 69.8 Å². The van der Waals surface area contributed by atoms with Gasteiger partial charge in [0.15, 0.2) is 34.7 Å². The molecular weight excluding hydrogens is 1480 g/mol. The molecule has 6 fully saturated rings. The third-order valence-corrected chi connectivity index (χ3v) is 28.2. The first kappa shape index (κ1) is 84.8. The van der Waals surface area contributed by atoms with Gasteiger partial charge in [0.1, 0.15) is 23.4 Å². The summed E-state index contributed by atoms with van der Waals surface area (Å²) in [7, 11) is -7.95. The number of aromatic nitrogens is 2. The first-order valence-electron chi connectivity index (χ1n) is 39.8. The van der Waals surface area contributed by atoms with E-state index in [-0.39, 0.29) is 136 Å². The number of hydrogen-bond acceptors (Lipinski definition) is 20. The number of halogens is 2. The Morgan fingerprint density at radius 2 is 0.929 bits per heavy atom. The molecule has 2 saturated heterocycles. The molecule has 2 aromatic heterocycles. The summed E-state index contributed by atoms with van der Waals surface area (Å²) in [5.74, 6) is -7.37. The fourth-order valence-corrected chi connectivity index (χ4v) is 19.3. The Kier molecular flexibility index (Phi) is 25.0. The second kappa shape index (κ2) is 33.0. The van der Waals surface area contributed by atoms with Crippen molar-refractivity contribution in [1.82, 2.24) is 29.2 Å². The van der Waals surface area contributed by atoms with Crippen LogP contribution >= 0.6 is 0 Å². The van der Waals surface area contributed by atoms with Gasteiger partial charge in [0.05, 0.1) is 83.4 Å². The van der Waals surface area contributed by atoms with Crippen molar-refractivity contribution in [2.24, 2.45) is 58.2 Å². The van der Waals surface area contributed by atoms with E-state index >= 15 is 8.78 Å². The Morgan fingerprint density at radius 3 is 1.27 bits per heavy atom. The van der Waals surface area contributed by atoms with E-state index in [2.05, 4.69) is 33.3 Å². The van der Waals surface area contributed by atoms with Crippen molar-refractivity contribution in [3.05, 3.63) is 84.7 Å². The van der Waals surface area contributed by atoms with Gasteiger partial charge in [0.25, 0.3) is 0 Å². The van der Waals surface area contributed by atoms with Crippen molar-refractivity contribution in [3.8, 4) is 23.3 Å². The lowest BCUT2D eigenvalue weighted by Crippen LogP contribution is -2.48. The van der Waals surface area contributed by atoms with Gasteiger partial charge in [-0.1, -0.05) is 52.0 Å². The SMILES string of the molecule is CCOc1cc2ccnc(O[C@@H]3C[C@H]4C(=O)C[C@]5(C(=O)NS(=O)(=O)C6(C)CC6)C[C@H]5/C=C\CC[C@@H](C)C[C@@H](C)[C@H](CC(=O)OC(C)(C)C)C(=O)N4C3)c2cc1F.CCOc1cc2ccnc(O[C@@H]3C[C@H]4C(=O)C[C@]5(C(=O)NS(=O)(=O)C6(C)CC6)C[C@H]5/C=C\CC[C@H](C)C[C@@H](C)[C@H](CC(=O)OC(C)(C)C)C(=O)N4C3)c2cc1F. The number of pyridine rings is 2. The topological polar surface area (TPSA) is 317 Å². The van der Waals surface area contributed by atoms with Crippen molar-refractivity contribution < 1.29 is 92.4 Å². The Labute approximate surface area is 656 Å². The molecule has 612 valence electrons. The van der Waals surface area contributed by atoms with E-state index in [1.54, 1.807) is 93.5 Å². The molecule has 4 saturated carbocycles. The lowest BCUT2D eigenvalue weighted by atomic mass is 9.82. The van der Waals surface area contributed by atoms with Gasteiger partial charge in [-0.05, 0) is 229 Å². The van der Waals surface area contributed by atoms with E-state index in [1.807, 2.05) is 38.2 Å². The standard InChI is InChI=1S/2C42H56FN3O9S/c2*1-8-53-35-18-27-13-16-44-37(31(27)20-32(35)43)54-29-19-33-34(47)23-42(39(50)45-56(51,52)41(7)14-15-41)22-28(42)12-10-9-11-25(2)17-26(3)30(38(49)46(33)24-29)21-36(48)55-40(4,5)6/h2*10,12-13,16,18,20,25-26,28-30,33H,8-9,11,14-15,17,19,21-24H2,1-7H3,(H,45,50)/b2*12-10-/t25-,26+,28+,29+,30-,33-,42+;25-,26-,28-,29-,30+,33+,42-/m01/s1. The van der Waals surface area contributed by atoms with Crippen LogP contribution in [-0.2, 0) is 67.9 Å². The Balaban J connectivity index is 0.000000221. The number of hydrogen-bond donors (Lipinski definition) is 2. The smallest absolute Gasteiger partial charge is 0.307 e. The number of esters is 2. The number of carbonyl (C=O) groups excluding carboxylic acids is 8. The van der Waals surface area contributed by atoms with Crippen LogP contribution in [-0.4, -0.2) is 155 Å². The van der Waals surface area contributed by atoms with Crippen LogP contribution in [0.5, 0.6) is 23.3 Å². The number of ether oxygens (including phenoxy) is 6. The fourth-order valence-electron chi connectivity index (χ4n) is 16.6. The van der Waals surface area contributed by atoms with Crippen molar-refractivity contribution in [2.75, 3.05) is 26.3 Å². The van der Waals surface area contributed by atoms with Crippen molar-refractivity contribution in [1.29, 1.82) is 0 Å². The molecule has 24 nitrogen and oxygen atoms in total. The number of ketones is 2. The predicted molar refractivity (Wildman–Crippen MR) is 415 cm³/mol. The summed E-state index contributed by atoms with van der Waals surface area (Å²) in [6.07, 6.45) is 15.1. The molecule has 4 aliphatic heterocycles. The summed E-state index contributed by atoms with van der Waals surface area (Å²) in [5, 5.41) is 2.01. The number of rotatable bonds is 18. The minimum absolute atomic E-state index is 0.0326. The van der Waals surface area contributed by atoms with E-state index in [9.17, 15) is 55.2 Å². The van der Waals surface area contributed by atoms with Gasteiger partial charge in [-0.15, -0.1) is 0 Å². The zero-order valence-corrected chi connectivity index (χ0v) is 68.8. The Hall–Kier alpha value is -8.14. The second-order valence-electron chi connectivity index (χ2n) is 35.5. The number of Topliss-reactive ketones (excluding diaryl/α,β-unsaturated/α-hetero) is 2. The van der Waals surface area contributed by atoms with Crippen LogP contribution < -0.4 is 28.4 Å². The van der Waals surface area contributed by atoms with Gasteiger partial charge < -0.3 is 38.2 Å². The minimum atomic E-state index is -3.98. The van der Waals surface area contributed by atoms with Gasteiger partial charge in [0.2, 0.25) is 55.4 Å². The van der Waals surface area contributed by atoms with Crippen molar-refractivity contribution in [3.63, 3.8) is 0 Å². The highest BCUT2D eigenvalue weighted by atomic mass is 32.2. The molecule has 14 atom stereocenters. The lowest BCUT2D eigenvalue weighted by Gasteiger charge is -2.32. The minimum Gasteiger partial charge on any atom is -0.491 e. The molecule has 4 aromatic rings. The number of sulfonamides is 2. The predicted octanol–water partition coefficient (Wildman–Crippen LogP) is 12.9. The zero-order valence-electron chi connectivity index (χ0n) is 67.1. The second-order valence-corrected chi connectivity index (χ2v) is 39.9. The fraction of sp³-hybridized carbons (Fsp3) is 0.643. The number of benzene rings is 2. The summed E-state index contributed by atoms with van der Waals surface area (Å²) in [6, 6.07) is 7.00. The Bertz CT molecular complexity index is 4300. The molecule has 0 unspecified atom stereocenters. The van der Waals surface area contributed by atoms with Gasteiger partial charge in [-0.2, -0.15) is 0 Å². The van der Waals surface area contributed by atoms with Crippen molar-refractivity contribution in [2.45, 2.75) is 257 Å². The van der Waals surface area contributed by atoms with Crippen LogP contribution in [0.2, 0.25) is 0 Å².